The molecule has 0 radical (unpaired) electrons. The average molecular weight is 370 g/mol. The lowest BCUT2D eigenvalue weighted by atomic mass is 10.3. The van der Waals surface area contributed by atoms with Gasteiger partial charge in [0.15, 0.2) is 11.2 Å². The maximum absolute atomic E-state index is 13.0. The number of nitrogens with zero attached hydrogens (tertiary/aromatic N) is 6. The van der Waals surface area contributed by atoms with Crippen molar-refractivity contribution >= 4 is 11.2 Å². The molecule has 8 nitrogen and oxygen atoms in total. The second-order valence-electron chi connectivity index (χ2n) is 6.41. The number of hydrogen-bond acceptors (Lipinski definition) is 5. The summed E-state index contributed by atoms with van der Waals surface area (Å²) in [5.74, 6) is 0. The van der Waals surface area contributed by atoms with Crippen molar-refractivity contribution in [2.75, 3.05) is 19.6 Å². The maximum Gasteiger partial charge on any atom is 0.337 e. The number of aromatic nitrogens is 5. The molecule has 0 saturated heterocycles. The van der Waals surface area contributed by atoms with Crippen molar-refractivity contribution in [1.29, 1.82) is 0 Å². The van der Waals surface area contributed by atoms with Gasteiger partial charge in [0.25, 0.3) is 5.56 Å². The minimum Gasteiger partial charge on any atom is -0.302 e. The number of hydrogen-bond donors (Lipinski definition) is 0. The Hall–Kier alpha value is -2.74. The van der Waals surface area contributed by atoms with Gasteiger partial charge in [0.1, 0.15) is 0 Å². The van der Waals surface area contributed by atoms with Crippen LogP contribution < -0.4 is 11.2 Å². The van der Waals surface area contributed by atoms with E-state index in [-0.39, 0.29) is 16.8 Å². The molecule has 0 N–H and O–H groups in total. The van der Waals surface area contributed by atoms with E-state index in [1.165, 1.54) is 13.9 Å². The third-order valence-electron chi connectivity index (χ3n) is 4.69. The van der Waals surface area contributed by atoms with Gasteiger partial charge in [0.2, 0.25) is 0 Å². The summed E-state index contributed by atoms with van der Waals surface area (Å²) in [4.78, 5) is 29.6. The number of rotatable bonds is 8. The highest BCUT2D eigenvalue weighted by Crippen LogP contribution is 2.10. The van der Waals surface area contributed by atoms with Gasteiger partial charge in [-0.15, -0.1) is 10.2 Å². The van der Waals surface area contributed by atoms with Gasteiger partial charge in [-0.25, -0.2) is 9.36 Å². The number of fused-ring (bicyclic) bond motifs is 1. The first-order chi connectivity index (χ1) is 13.1. The molecular formula is C19H26N6O2. The number of para-hydroxylation sites is 1. The first-order valence-electron chi connectivity index (χ1n) is 9.49. The van der Waals surface area contributed by atoms with E-state index < -0.39 is 0 Å². The van der Waals surface area contributed by atoms with E-state index in [9.17, 15) is 9.59 Å². The molecule has 0 aliphatic rings. The van der Waals surface area contributed by atoms with Crippen LogP contribution in [0, 0.1) is 0 Å². The van der Waals surface area contributed by atoms with Gasteiger partial charge in [-0.1, -0.05) is 39.0 Å². The molecule has 0 amide bonds. The van der Waals surface area contributed by atoms with Gasteiger partial charge in [-0.3, -0.25) is 9.36 Å². The average Bonchev–Trinajstić information content (AvgIpc) is 3.11. The van der Waals surface area contributed by atoms with E-state index in [1.54, 1.807) is 0 Å². The molecule has 1 aromatic carbocycles. The minimum absolute atomic E-state index is 0.228. The third kappa shape index (κ3) is 3.71. The normalized spacial score (nSPS) is 11.6. The lowest BCUT2D eigenvalue weighted by Crippen LogP contribution is -2.39. The quantitative estimate of drug-likeness (QED) is 0.600. The second-order valence-corrected chi connectivity index (χ2v) is 6.41. The first kappa shape index (κ1) is 19.0. The lowest BCUT2D eigenvalue weighted by molar-refractivity contribution is 0.278. The Morgan fingerprint density at radius 3 is 2.30 bits per heavy atom. The molecule has 2 aromatic heterocycles. The molecule has 0 spiro atoms. The predicted molar refractivity (Wildman–Crippen MR) is 105 cm³/mol. The van der Waals surface area contributed by atoms with Gasteiger partial charge in [-0.2, -0.15) is 4.80 Å². The summed E-state index contributed by atoms with van der Waals surface area (Å²) in [5, 5.41) is 8.89. The van der Waals surface area contributed by atoms with Crippen LogP contribution in [-0.4, -0.2) is 48.7 Å². The summed E-state index contributed by atoms with van der Waals surface area (Å²) in [7, 11) is 0. The van der Waals surface area contributed by atoms with Crippen molar-refractivity contribution in [3.63, 3.8) is 0 Å². The maximum atomic E-state index is 13.0. The highest BCUT2D eigenvalue weighted by Gasteiger charge is 2.19. The molecule has 27 heavy (non-hydrogen) atoms. The topological polar surface area (TPSA) is 78.0 Å². The molecule has 3 aromatic rings. The molecule has 0 fully saturated rings. The van der Waals surface area contributed by atoms with Crippen LogP contribution in [0.15, 0.2) is 39.9 Å². The van der Waals surface area contributed by atoms with Gasteiger partial charge in [0, 0.05) is 13.1 Å². The lowest BCUT2D eigenvalue weighted by Gasteiger charge is -2.16. The van der Waals surface area contributed by atoms with E-state index in [0.717, 1.165) is 19.6 Å². The monoisotopic (exact) mass is 370 g/mol. The van der Waals surface area contributed by atoms with Crippen LogP contribution in [0.2, 0.25) is 0 Å². The summed E-state index contributed by atoms with van der Waals surface area (Å²) >= 11 is 0. The standard InChI is InChI=1S/C19H26N6O2/c1-4-12-23-18(26)16-17(21-24(20-16)14-13-22(5-2)6-3)25(19(23)27)15-10-8-7-9-11-15/h7-11H,4-6,12-14H2,1-3H3. The fourth-order valence-corrected chi connectivity index (χ4v) is 3.16. The Balaban J connectivity index is 2.17. The van der Waals surface area contributed by atoms with Crippen LogP contribution >= 0.6 is 0 Å². The minimum atomic E-state index is -0.378. The van der Waals surface area contributed by atoms with Gasteiger partial charge < -0.3 is 4.90 Å². The van der Waals surface area contributed by atoms with E-state index in [0.29, 0.717) is 30.8 Å². The van der Waals surface area contributed by atoms with Crippen LogP contribution in [0.1, 0.15) is 27.2 Å². The molecule has 144 valence electrons. The van der Waals surface area contributed by atoms with Gasteiger partial charge >= 0.3 is 5.69 Å². The van der Waals surface area contributed by atoms with E-state index in [1.807, 2.05) is 37.3 Å². The van der Waals surface area contributed by atoms with Gasteiger partial charge in [-0.05, 0) is 31.6 Å². The molecule has 0 unspecified atom stereocenters. The van der Waals surface area contributed by atoms with Crippen LogP contribution in [0.25, 0.3) is 16.9 Å². The summed E-state index contributed by atoms with van der Waals surface area (Å²) in [5.41, 5.74) is 0.456. The molecule has 8 heteroatoms. The zero-order chi connectivity index (χ0) is 19.4. The Labute approximate surface area is 157 Å². The smallest absolute Gasteiger partial charge is 0.302 e. The largest absolute Gasteiger partial charge is 0.337 e. The first-order valence-corrected chi connectivity index (χ1v) is 9.49. The van der Waals surface area contributed by atoms with Crippen molar-refractivity contribution < 1.29 is 0 Å². The van der Waals surface area contributed by atoms with Crippen LogP contribution in [-0.2, 0) is 13.1 Å². The van der Waals surface area contributed by atoms with Crippen LogP contribution in [0.3, 0.4) is 0 Å². The van der Waals surface area contributed by atoms with E-state index in [2.05, 4.69) is 28.9 Å². The summed E-state index contributed by atoms with van der Waals surface area (Å²) in [6.45, 7) is 9.72. The van der Waals surface area contributed by atoms with Crippen molar-refractivity contribution in [3.05, 3.63) is 51.2 Å². The fraction of sp³-hybridized carbons (Fsp3) is 0.474. The predicted octanol–water partition coefficient (Wildman–Crippen LogP) is 1.50. The van der Waals surface area contributed by atoms with Crippen molar-refractivity contribution in [1.82, 2.24) is 29.0 Å². The molecule has 0 saturated carbocycles. The highest BCUT2D eigenvalue weighted by atomic mass is 16.2. The summed E-state index contributed by atoms with van der Waals surface area (Å²) < 4.78 is 2.73. The third-order valence-corrected chi connectivity index (χ3v) is 4.69. The molecule has 0 atom stereocenters. The zero-order valence-corrected chi connectivity index (χ0v) is 16.1. The Kier molecular flexibility index (Phi) is 5.85. The second kappa shape index (κ2) is 8.30. The Morgan fingerprint density at radius 1 is 0.963 bits per heavy atom. The van der Waals surface area contributed by atoms with E-state index >= 15 is 0 Å². The van der Waals surface area contributed by atoms with Crippen molar-refractivity contribution in [3.8, 4) is 5.69 Å². The molecule has 0 bridgehead atoms. The fourth-order valence-electron chi connectivity index (χ4n) is 3.16. The van der Waals surface area contributed by atoms with Crippen molar-refractivity contribution in [2.45, 2.75) is 40.3 Å². The van der Waals surface area contributed by atoms with E-state index in [4.69, 9.17) is 0 Å². The SMILES string of the molecule is CCCn1c(=O)c2nn(CCN(CC)CC)nc2n(-c2ccccc2)c1=O. The highest BCUT2D eigenvalue weighted by molar-refractivity contribution is 5.70. The zero-order valence-electron chi connectivity index (χ0n) is 16.1. The number of likely N-dealkylation sites (N-methyl/N-ethyl adjacent to an activating group) is 1. The van der Waals surface area contributed by atoms with Crippen molar-refractivity contribution in [2.24, 2.45) is 0 Å². The molecule has 3 rings (SSSR count). The summed E-state index contributed by atoms with van der Waals surface area (Å²) in [6, 6.07) is 9.25. The van der Waals surface area contributed by atoms with Gasteiger partial charge in [0.05, 0.1) is 12.2 Å². The van der Waals surface area contributed by atoms with Crippen LogP contribution in [0.5, 0.6) is 0 Å². The molecule has 2 heterocycles. The summed E-state index contributed by atoms with van der Waals surface area (Å²) in [6.07, 6.45) is 0.686. The molecule has 0 aliphatic heterocycles. The van der Waals surface area contributed by atoms with Crippen LogP contribution in [0.4, 0.5) is 0 Å². The Morgan fingerprint density at radius 2 is 1.67 bits per heavy atom. The Bertz CT molecular complexity index is 1010. The molecule has 0 aliphatic carbocycles. The number of benzene rings is 1. The molecular weight excluding hydrogens is 344 g/mol.